The minimum Gasteiger partial charge on any atom is -0.447 e. The summed E-state index contributed by atoms with van der Waals surface area (Å²) in [4.78, 5) is 27.9. The Morgan fingerprint density at radius 3 is 2.81 bits per heavy atom. The molecule has 0 aliphatic carbocycles. The van der Waals surface area contributed by atoms with Crippen molar-refractivity contribution in [2.24, 2.45) is 0 Å². The monoisotopic (exact) mass is 362 g/mol. The highest BCUT2D eigenvalue weighted by Gasteiger charge is 2.35. The number of methoxy groups -OCH3 is 1. The standard InChI is InChI=1S/C18H26N4O4/c1-12(2)21-10-15(16(11-21)25-3)20-17(23)19-13-5-4-6-14(9-13)22-7-8-26-18(22)24/h4-6,9,12,15-16H,7-8,10-11H2,1-3H3,(H2,19,20,23)/t15-,16-/m0/s1. The van der Waals surface area contributed by atoms with Crippen molar-refractivity contribution in [3.8, 4) is 0 Å². The van der Waals surface area contributed by atoms with Crippen LogP contribution in [0.5, 0.6) is 0 Å². The Balaban J connectivity index is 1.60. The molecule has 8 nitrogen and oxygen atoms in total. The van der Waals surface area contributed by atoms with Crippen molar-refractivity contribution in [2.45, 2.75) is 32.0 Å². The van der Waals surface area contributed by atoms with Crippen LogP contribution in [-0.2, 0) is 9.47 Å². The van der Waals surface area contributed by atoms with Crippen LogP contribution < -0.4 is 15.5 Å². The summed E-state index contributed by atoms with van der Waals surface area (Å²) in [6, 6.07) is 7.20. The summed E-state index contributed by atoms with van der Waals surface area (Å²) in [6.07, 6.45) is -0.400. The van der Waals surface area contributed by atoms with E-state index in [2.05, 4.69) is 29.4 Å². The molecule has 1 aromatic carbocycles. The lowest BCUT2D eigenvalue weighted by molar-refractivity contribution is 0.0896. The number of ether oxygens (including phenoxy) is 2. The number of urea groups is 1. The zero-order valence-corrected chi connectivity index (χ0v) is 15.4. The lowest BCUT2D eigenvalue weighted by Gasteiger charge is -2.20. The van der Waals surface area contributed by atoms with E-state index in [9.17, 15) is 9.59 Å². The van der Waals surface area contributed by atoms with Gasteiger partial charge < -0.3 is 20.1 Å². The van der Waals surface area contributed by atoms with Crippen molar-refractivity contribution in [1.82, 2.24) is 10.2 Å². The first-order valence-corrected chi connectivity index (χ1v) is 8.86. The highest BCUT2D eigenvalue weighted by molar-refractivity contribution is 5.93. The highest BCUT2D eigenvalue weighted by atomic mass is 16.6. The molecular formula is C18H26N4O4. The van der Waals surface area contributed by atoms with E-state index in [1.165, 1.54) is 0 Å². The minimum absolute atomic E-state index is 0.0335. The first-order chi connectivity index (χ1) is 12.5. The summed E-state index contributed by atoms with van der Waals surface area (Å²) in [5, 5.41) is 5.82. The summed E-state index contributed by atoms with van der Waals surface area (Å²) < 4.78 is 10.5. The second kappa shape index (κ2) is 7.92. The van der Waals surface area contributed by atoms with E-state index in [4.69, 9.17) is 9.47 Å². The Bertz CT molecular complexity index is 666. The number of anilines is 2. The molecule has 1 aromatic rings. The van der Waals surface area contributed by atoms with Crippen LogP contribution in [0.3, 0.4) is 0 Å². The second-order valence-corrected chi connectivity index (χ2v) is 6.84. The molecule has 2 aliphatic heterocycles. The van der Waals surface area contributed by atoms with Crippen molar-refractivity contribution in [3.63, 3.8) is 0 Å². The van der Waals surface area contributed by atoms with E-state index >= 15 is 0 Å². The number of carbonyl (C=O) groups excluding carboxylic acids is 2. The molecule has 2 fully saturated rings. The third-order valence-corrected chi connectivity index (χ3v) is 4.82. The maximum atomic E-state index is 12.4. The van der Waals surface area contributed by atoms with Gasteiger partial charge >= 0.3 is 12.1 Å². The second-order valence-electron chi connectivity index (χ2n) is 6.84. The molecule has 2 heterocycles. The maximum absolute atomic E-state index is 12.4. The molecular weight excluding hydrogens is 336 g/mol. The van der Waals surface area contributed by atoms with Crippen molar-refractivity contribution < 1.29 is 19.1 Å². The quantitative estimate of drug-likeness (QED) is 0.836. The summed E-state index contributed by atoms with van der Waals surface area (Å²) in [5.41, 5.74) is 1.32. The predicted molar refractivity (Wildman–Crippen MR) is 98.6 cm³/mol. The fourth-order valence-electron chi connectivity index (χ4n) is 3.32. The number of cyclic esters (lactones) is 1. The number of nitrogens with one attached hydrogen (secondary N) is 2. The van der Waals surface area contributed by atoms with Crippen LogP contribution in [0.2, 0.25) is 0 Å². The maximum Gasteiger partial charge on any atom is 0.414 e. The summed E-state index contributed by atoms with van der Waals surface area (Å²) in [6.45, 7) is 6.70. The fraction of sp³-hybridized carbons (Fsp3) is 0.556. The molecule has 8 heteroatoms. The Morgan fingerprint density at radius 1 is 1.35 bits per heavy atom. The number of amides is 3. The van der Waals surface area contributed by atoms with Gasteiger partial charge in [-0.3, -0.25) is 9.80 Å². The van der Waals surface area contributed by atoms with Gasteiger partial charge in [-0.25, -0.2) is 9.59 Å². The molecule has 2 aliphatic rings. The van der Waals surface area contributed by atoms with Crippen molar-refractivity contribution in [3.05, 3.63) is 24.3 Å². The Labute approximate surface area is 153 Å². The van der Waals surface area contributed by atoms with E-state index < -0.39 is 0 Å². The van der Waals surface area contributed by atoms with Gasteiger partial charge in [0, 0.05) is 37.6 Å². The van der Waals surface area contributed by atoms with Crippen molar-refractivity contribution in [2.75, 3.05) is 43.6 Å². The Hall–Kier alpha value is -2.32. The van der Waals surface area contributed by atoms with Crippen LogP contribution >= 0.6 is 0 Å². The first-order valence-electron chi connectivity index (χ1n) is 8.86. The number of hydrogen-bond acceptors (Lipinski definition) is 5. The van der Waals surface area contributed by atoms with E-state index in [0.717, 1.165) is 13.1 Å². The smallest absolute Gasteiger partial charge is 0.414 e. The normalized spacial score (nSPS) is 23.4. The van der Waals surface area contributed by atoms with Crippen LogP contribution in [0.4, 0.5) is 21.0 Å². The molecule has 2 saturated heterocycles. The third kappa shape index (κ3) is 4.08. The average Bonchev–Trinajstić information content (AvgIpc) is 3.21. The molecule has 0 aromatic heterocycles. The van der Waals surface area contributed by atoms with Gasteiger partial charge in [-0.2, -0.15) is 0 Å². The molecule has 0 radical (unpaired) electrons. The van der Waals surface area contributed by atoms with Gasteiger partial charge in [-0.05, 0) is 32.0 Å². The van der Waals surface area contributed by atoms with Crippen LogP contribution in [0.15, 0.2) is 24.3 Å². The van der Waals surface area contributed by atoms with E-state index in [1.54, 1.807) is 30.2 Å². The molecule has 0 bridgehead atoms. The molecule has 0 saturated carbocycles. The van der Waals surface area contributed by atoms with Gasteiger partial charge in [0.05, 0.1) is 18.7 Å². The number of likely N-dealkylation sites (tertiary alicyclic amines) is 1. The minimum atomic E-state index is -0.366. The zero-order valence-electron chi connectivity index (χ0n) is 15.4. The highest BCUT2D eigenvalue weighted by Crippen LogP contribution is 2.22. The first kappa shape index (κ1) is 18.5. The lowest BCUT2D eigenvalue weighted by Crippen LogP contribution is -2.45. The Kier molecular flexibility index (Phi) is 5.63. The van der Waals surface area contributed by atoms with Gasteiger partial charge in [-0.1, -0.05) is 6.07 Å². The molecule has 142 valence electrons. The van der Waals surface area contributed by atoms with Crippen LogP contribution in [-0.4, -0.2) is 68.6 Å². The van der Waals surface area contributed by atoms with Crippen LogP contribution in [0, 0.1) is 0 Å². The SMILES string of the molecule is CO[C@H]1CN(C(C)C)C[C@@H]1NC(=O)Nc1cccc(N2CCOC2=O)c1. The molecule has 0 spiro atoms. The average molecular weight is 362 g/mol. The van der Waals surface area contributed by atoms with E-state index in [-0.39, 0.29) is 24.3 Å². The van der Waals surface area contributed by atoms with Gasteiger partial charge in [-0.15, -0.1) is 0 Å². The number of hydrogen-bond donors (Lipinski definition) is 2. The van der Waals surface area contributed by atoms with Crippen molar-refractivity contribution >= 4 is 23.5 Å². The third-order valence-electron chi connectivity index (χ3n) is 4.82. The summed E-state index contributed by atoms with van der Waals surface area (Å²) in [5.74, 6) is 0. The van der Waals surface area contributed by atoms with Crippen LogP contribution in [0.25, 0.3) is 0 Å². The van der Waals surface area contributed by atoms with Gasteiger partial charge in [0.25, 0.3) is 0 Å². The van der Waals surface area contributed by atoms with Gasteiger partial charge in [0.15, 0.2) is 0 Å². The van der Waals surface area contributed by atoms with Crippen LogP contribution in [0.1, 0.15) is 13.8 Å². The zero-order chi connectivity index (χ0) is 18.7. The number of rotatable bonds is 5. The molecule has 2 N–H and O–H groups in total. The molecule has 26 heavy (non-hydrogen) atoms. The molecule has 3 rings (SSSR count). The van der Waals surface area contributed by atoms with E-state index in [1.807, 2.05) is 6.07 Å². The number of carbonyl (C=O) groups is 2. The van der Waals surface area contributed by atoms with Gasteiger partial charge in [0.1, 0.15) is 6.61 Å². The Morgan fingerprint density at radius 2 is 2.15 bits per heavy atom. The molecule has 2 atom stereocenters. The molecule has 0 unspecified atom stereocenters. The largest absolute Gasteiger partial charge is 0.447 e. The summed E-state index contributed by atoms with van der Waals surface area (Å²) >= 11 is 0. The summed E-state index contributed by atoms with van der Waals surface area (Å²) in [7, 11) is 1.67. The van der Waals surface area contributed by atoms with E-state index in [0.29, 0.717) is 30.6 Å². The fourth-order valence-corrected chi connectivity index (χ4v) is 3.32. The topological polar surface area (TPSA) is 83.1 Å². The lowest BCUT2D eigenvalue weighted by atomic mass is 10.2. The van der Waals surface area contributed by atoms with Gasteiger partial charge in [0.2, 0.25) is 0 Å². The van der Waals surface area contributed by atoms with Crippen molar-refractivity contribution in [1.29, 1.82) is 0 Å². The molecule has 3 amide bonds. The number of benzene rings is 1. The predicted octanol–water partition coefficient (Wildman–Crippen LogP) is 1.87. The number of nitrogens with zero attached hydrogens (tertiary/aromatic N) is 2.